The van der Waals surface area contributed by atoms with E-state index in [2.05, 4.69) is 45.0 Å². The molecule has 136 valence electrons. The number of rotatable bonds is 4. The average molecular weight is 376 g/mol. The summed E-state index contributed by atoms with van der Waals surface area (Å²) in [5, 5.41) is 9.22. The smallest absolute Gasteiger partial charge is 0.156 e. The van der Waals surface area contributed by atoms with Gasteiger partial charge in [0.25, 0.3) is 0 Å². The van der Waals surface area contributed by atoms with E-state index in [9.17, 15) is 0 Å². The molecular weight excluding hydrogens is 354 g/mol. The van der Waals surface area contributed by atoms with Crippen LogP contribution in [-0.2, 0) is 6.54 Å². The van der Waals surface area contributed by atoms with Gasteiger partial charge in [-0.05, 0) is 71.6 Å². The molecule has 1 fully saturated rings. The summed E-state index contributed by atoms with van der Waals surface area (Å²) in [5.41, 5.74) is 4.59. The van der Waals surface area contributed by atoms with E-state index in [1.165, 1.54) is 12.0 Å². The Morgan fingerprint density at radius 1 is 1.07 bits per heavy atom. The van der Waals surface area contributed by atoms with E-state index in [4.69, 9.17) is 10.1 Å². The lowest BCUT2D eigenvalue weighted by Crippen LogP contribution is -2.34. The van der Waals surface area contributed by atoms with Crippen LogP contribution in [0.3, 0.4) is 0 Å². The van der Waals surface area contributed by atoms with Crippen LogP contribution in [0.25, 0.3) is 16.8 Å². The highest BCUT2D eigenvalue weighted by atomic mass is 32.1. The van der Waals surface area contributed by atoms with Gasteiger partial charge in [-0.25, -0.2) is 9.50 Å². The molecule has 4 aromatic heterocycles. The summed E-state index contributed by atoms with van der Waals surface area (Å²) in [5.74, 6) is 1.37. The Bertz CT molecular complexity index is 1030. The first-order valence-electron chi connectivity index (χ1n) is 9.35. The van der Waals surface area contributed by atoms with Gasteiger partial charge in [0.1, 0.15) is 0 Å². The molecule has 0 unspecified atom stereocenters. The normalized spacial score (nSPS) is 18.1. The van der Waals surface area contributed by atoms with Crippen LogP contribution < -0.4 is 0 Å². The zero-order chi connectivity index (χ0) is 18.1. The lowest BCUT2D eigenvalue weighted by atomic mass is 9.97. The first-order chi connectivity index (χ1) is 13.3. The Hall–Kier alpha value is -2.57. The fourth-order valence-electron chi connectivity index (χ4n) is 3.84. The molecule has 4 aromatic rings. The number of pyridine rings is 2. The molecule has 0 saturated carbocycles. The molecule has 0 spiro atoms. The van der Waals surface area contributed by atoms with Crippen molar-refractivity contribution in [1.82, 2.24) is 24.5 Å². The monoisotopic (exact) mass is 375 g/mol. The van der Waals surface area contributed by atoms with Crippen LogP contribution >= 0.6 is 11.3 Å². The summed E-state index contributed by atoms with van der Waals surface area (Å²) in [6, 6.07) is 10.4. The van der Waals surface area contributed by atoms with E-state index < -0.39 is 0 Å². The third-order valence-electron chi connectivity index (χ3n) is 5.22. The fourth-order valence-corrected chi connectivity index (χ4v) is 4.50. The zero-order valence-corrected chi connectivity index (χ0v) is 15.8. The molecule has 5 rings (SSSR count). The maximum Gasteiger partial charge on any atom is 0.156 e. The van der Waals surface area contributed by atoms with Gasteiger partial charge in [0, 0.05) is 43.2 Å². The second-order valence-corrected chi connectivity index (χ2v) is 7.91. The lowest BCUT2D eigenvalue weighted by molar-refractivity contribution is 0.197. The number of likely N-dealkylation sites (tertiary alicyclic amines) is 1. The van der Waals surface area contributed by atoms with Crippen molar-refractivity contribution >= 4 is 17.0 Å². The number of thiophene rings is 1. The standard InChI is InChI=1S/C21H21N5S/c1-2-19(13-25(10-1)12-16-7-11-27-15-16)21-23-20-4-3-18(14-26(20)24-21)17-5-8-22-9-6-17/h3-9,11,14-15,19H,1-2,10,12-13H2/t19-/m1/s1. The van der Waals surface area contributed by atoms with Crippen molar-refractivity contribution in [2.24, 2.45) is 0 Å². The minimum atomic E-state index is 0.404. The number of piperidine rings is 1. The summed E-state index contributed by atoms with van der Waals surface area (Å²) >= 11 is 1.77. The first kappa shape index (κ1) is 16.6. The molecule has 0 radical (unpaired) electrons. The molecule has 0 aromatic carbocycles. The van der Waals surface area contributed by atoms with Gasteiger partial charge >= 0.3 is 0 Å². The fraction of sp³-hybridized carbons (Fsp3) is 0.286. The Kier molecular flexibility index (Phi) is 4.43. The lowest BCUT2D eigenvalue weighted by Gasteiger charge is -2.31. The van der Waals surface area contributed by atoms with Crippen molar-refractivity contribution < 1.29 is 0 Å². The highest BCUT2D eigenvalue weighted by Gasteiger charge is 2.24. The number of fused-ring (bicyclic) bond motifs is 1. The summed E-state index contributed by atoms with van der Waals surface area (Å²) < 4.78 is 1.92. The van der Waals surface area contributed by atoms with Crippen LogP contribution in [0.1, 0.15) is 30.1 Å². The molecule has 0 N–H and O–H groups in total. The van der Waals surface area contributed by atoms with Crippen molar-refractivity contribution in [3.8, 4) is 11.1 Å². The largest absolute Gasteiger partial charge is 0.298 e. The van der Waals surface area contributed by atoms with Crippen LogP contribution in [0.2, 0.25) is 0 Å². The first-order valence-corrected chi connectivity index (χ1v) is 10.3. The molecule has 6 heteroatoms. The van der Waals surface area contributed by atoms with E-state index in [1.54, 1.807) is 11.3 Å². The van der Waals surface area contributed by atoms with Gasteiger partial charge < -0.3 is 0 Å². The number of hydrogen-bond acceptors (Lipinski definition) is 5. The third kappa shape index (κ3) is 3.50. The minimum Gasteiger partial charge on any atom is -0.298 e. The predicted octanol–water partition coefficient (Wildman–Crippen LogP) is 4.23. The van der Waals surface area contributed by atoms with Gasteiger partial charge in [0.05, 0.1) is 0 Å². The Labute approximate surface area is 162 Å². The van der Waals surface area contributed by atoms with Crippen molar-refractivity contribution in [3.05, 3.63) is 71.1 Å². The molecule has 27 heavy (non-hydrogen) atoms. The van der Waals surface area contributed by atoms with Crippen molar-refractivity contribution in [2.75, 3.05) is 13.1 Å². The molecule has 1 aliphatic heterocycles. The topological polar surface area (TPSA) is 46.3 Å². The van der Waals surface area contributed by atoms with Crippen molar-refractivity contribution in [1.29, 1.82) is 0 Å². The Balaban J connectivity index is 1.38. The Morgan fingerprint density at radius 3 is 2.85 bits per heavy atom. The molecule has 5 heterocycles. The second kappa shape index (κ2) is 7.21. The second-order valence-electron chi connectivity index (χ2n) is 7.13. The van der Waals surface area contributed by atoms with Crippen LogP contribution in [0, 0.1) is 0 Å². The van der Waals surface area contributed by atoms with Gasteiger partial charge in [0.15, 0.2) is 11.5 Å². The molecule has 1 aliphatic rings. The van der Waals surface area contributed by atoms with Crippen LogP contribution in [-0.4, -0.2) is 37.6 Å². The van der Waals surface area contributed by atoms with Gasteiger partial charge in [0.2, 0.25) is 0 Å². The molecular formula is C21H21N5S. The molecule has 1 atom stereocenters. The van der Waals surface area contributed by atoms with Gasteiger partial charge in [-0.3, -0.25) is 9.88 Å². The summed E-state index contributed by atoms with van der Waals surface area (Å²) in [6.07, 6.45) is 8.06. The number of aromatic nitrogens is 4. The maximum absolute atomic E-state index is 4.82. The molecule has 1 saturated heterocycles. The Morgan fingerprint density at radius 2 is 2.00 bits per heavy atom. The SMILES string of the molecule is c1cc(-c2ccc3nc([C@@H]4CCCN(Cc5ccsc5)C4)nn3c2)ccn1. The van der Waals surface area contributed by atoms with Gasteiger partial charge in [-0.15, -0.1) is 0 Å². The van der Waals surface area contributed by atoms with Crippen molar-refractivity contribution in [2.45, 2.75) is 25.3 Å². The van der Waals surface area contributed by atoms with Crippen LogP contribution in [0.15, 0.2) is 59.7 Å². The van der Waals surface area contributed by atoms with E-state index >= 15 is 0 Å². The van der Waals surface area contributed by atoms with E-state index in [1.807, 2.05) is 29.0 Å². The quantitative estimate of drug-likeness (QED) is 0.535. The van der Waals surface area contributed by atoms with Gasteiger partial charge in [-0.2, -0.15) is 16.4 Å². The molecule has 0 amide bonds. The molecule has 0 aliphatic carbocycles. The summed E-state index contributed by atoms with van der Waals surface area (Å²) in [7, 11) is 0. The molecule has 0 bridgehead atoms. The highest BCUT2D eigenvalue weighted by Crippen LogP contribution is 2.27. The van der Waals surface area contributed by atoms with Gasteiger partial charge in [-0.1, -0.05) is 0 Å². The zero-order valence-electron chi connectivity index (χ0n) is 15.0. The number of nitrogens with zero attached hydrogens (tertiary/aromatic N) is 5. The summed E-state index contributed by atoms with van der Waals surface area (Å²) in [4.78, 5) is 11.4. The number of hydrogen-bond donors (Lipinski definition) is 0. The third-order valence-corrected chi connectivity index (χ3v) is 5.95. The maximum atomic E-state index is 4.82. The van der Waals surface area contributed by atoms with Crippen molar-refractivity contribution in [3.63, 3.8) is 0 Å². The average Bonchev–Trinajstić information content (AvgIpc) is 3.38. The van der Waals surface area contributed by atoms with E-state index in [-0.39, 0.29) is 0 Å². The van der Waals surface area contributed by atoms with E-state index in [0.717, 1.165) is 48.7 Å². The summed E-state index contributed by atoms with van der Waals surface area (Å²) in [6.45, 7) is 3.22. The van der Waals surface area contributed by atoms with Crippen LogP contribution in [0.5, 0.6) is 0 Å². The highest BCUT2D eigenvalue weighted by molar-refractivity contribution is 7.07. The molecule has 5 nitrogen and oxygen atoms in total. The van der Waals surface area contributed by atoms with Crippen LogP contribution in [0.4, 0.5) is 0 Å². The predicted molar refractivity (Wildman–Crippen MR) is 108 cm³/mol. The van der Waals surface area contributed by atoms with E-state index in [0.29, 0.717) is 5.92 Å². The minimum absolute atomic E-state index is 0.404.